The van der Waals surface area contributed by atoms with E-state index in [1.54, 1.807) is 30.3 Å². The number of hydrogen-bond donors (Lipinski definition) is 1. The van der Waals surface area contributed by atoms with Crippen molar-refractivity contribution in [3.8, 4) is 6.07 Å². The summed E-state index contributed by atoms with van der Waals surface area (Å²) in [5.74, 6) is -0.601. The average Bonchev–Trinajstić information content (AvgIpc) is 2.69. The molecule has 1 N–H and O–H groups in total. The molecule has 1 amide bonds. The third kappa shape index (κ3) is 3.92. The van der Waals surface area contributed by atoms with Crippen LogP contribution in [0.25, 0.3) is 0 Å². The minimum atomic E-state index is -3.59. The first-order valence-electron chi connectivity index (χ1n) is 9.25. The van der Waals surface area contributed by atoms with Crippen molar-refractivity contribution in [1.82, 2.24) is 9.62 Å². The second kappa shape index (κ2) is 7.77. The number of rotatable bonds is 4. The molecule has 1 aromatic rings. The van der Waals surface area contributed by atoms with Gasteiger partial charge in [-0.1, -0.05) is 37.5 Å². The molecule has 1 heterocycles. The molecular formula is C19H25N3O3S. The lowest BCUT2D eigenvalue weighted by Gasteiger charge is -2.35. The lowest BCUT2D eigenvalue weighted by Crippen LogP contribution is -2.53. The molecule has 1 saturated heterocycles. The largest absolute Gasteiger partial charge is 0.338 e. The zero-order valence-electron chi connectivity index (χ0n) is 14.9. The predicted octanol–water partition coefficient (Wildman–Crippen LogP) is 2.43. The zero-order valence-corrected chi connectivity index (χ0v) is 15.7. The molecular weight excluding hydrogens is 350 g/mol. The normalized spacial score (nSPS) is 23.7. The first kappa shape index (κ1) is 18.9. The Morgan fingerprint density at radius 1 is 1.15 bits per heavy atom. The fourth-order valence-corrected chi connectivity index (χ4v) is 5.42. The number of nitriles is 1. The number of nitrogens with zero attached hydrogens (tertiary/aromatic N) is 2. The second-order valence-corrected chi connectivity index (χ2v) is 9.20. The molecule has 7 heteroatoms. The maximum absolute atomic E-state index is 12.8. The van der Waals surface area contributed by atoms with Gasteiger partial charge in [0.15, 0.2) is 0 Å². The highest BCUT2D eigenvalue weighted by Crippen LogP contribution is 2.29. The Morgan fingerprint density at radius 3 is 2.50 bits per heavy atom. The van der Waals surface area contributed by atoms with Crippen molar-refractivity contribution in [3.05, 3.63) is 30.3 Å². The predicted molar refractivity (Wildman–Crippen MR) is 97.5 cm³/mol. The Labute approximate surface area is 155 Å². The topological polar surface area (TPSA) is 90.3 Å². The summed E-state index contributed by atoms with van der Waals surface area (Å²) in [4.78, 5) is 13.0. The molecule has 2 aliphatic rings. The molecule has 1 aliphatic heterocycles. The van der Waals surface area contributed by atoms with Crippen LogP contribution >= 0.6 is 0 Å². The second-order valence-electron chi connectivity index (χ2n) is 7.26. The molecule has 140 valence electrons. The number of amides is 1. The third-order valence-electron chi connectivity index (χ3n) is 5.42. The molecule has 1 aliphatic carbocycles. The van der Waals surface area contributed by atoms with E-state index in [9.17, 15) is 18.5 Å². The number of carbonyl (C=O) groups excluding carboxylic acids is 1. The molecule has 2 fully saturated rings. The minimum Gasteiger partial charge on any atom is -0.338 e. The summed E-state index contributed by atoms with van der Waals surface area (Å²) < 4.78 is 27.0. The lowest BCUT2D eigenvalue weighted by molar-refractivity contribution is -0.127. The number of hydrogen-bond acceptors (Lipinski definition) is 4. The average molecular weight is 375 g/mol. The Bertz CT molecular complexity index is 780. The van der Waals surface area contributed by atoms with Crippen molar-refractivity contribution in [2.75, 3.05) is 13.1 Å². The van der Waals surface area contributed by atoms with E-state index in [0.29, 0.717) is 32.2 Å². The van der Waals surface area contributed by atoms with Gasteiger partial charge in [0.05, 0.1) is 16.9 Å². The molecule has 0 aromatic heterocycles. The number of carbonyl (C=O) groups is 1. The van der Waals surface area contributed by atoms with Gasteiger partial charge in [0, 0.05) is 13.1 Å². The van der Waals surface area contributed by atoms with Crippen molar-refractivity contribution < 1.29 is 13.2 Å². The van der Waals surface area contributed by atoms with Crippen molar-refractivity contribution >= 4 is 15.9 Å². The van der Waals surface area contributed by atoms with Gasteiger partial charge in [-0.2, -0.15) is 9.57 Å². The van der Waals surface area contributed by atoms with Crippen LogP contribution in [0.3, 0.4) is 0 Å². The van der Waals surface area contributed by atoms with Gasteiger partial charge >= 0.3 is 0 Å². The van der Waals surface area contributed by atoms with Gasteiger partial charge in [0.25, 0.3) is 0 Å². The summed E-state index contributed by atoms with van der Waals surface area (Å²) in [6.07, 6.45) is 5.60. The number of benzene rings is 1. The van der Waals surface area contributed by atoms with Crippen molar-refractivity contribution in [2.45, 2.75) is 55.4 Å². The SMILES string of the molecule is N#CC1(NC(=O)C2CCCN(S(=O)(=O)c3ccccc3)C2)CCCCC1. The monoisotopic (exact) mass is 375 g/mol. The summed E-state index contributed by atoms with van der Waals surface area (Å²) in [7, 11) is -3.59. The van der Waals surface area contributed by atoms with Gasteiger partial charge in [0.2, 0.25) is 15.9 Å². The quantitative estimate of drug-likeness (QED) is 0.875. The van der Waals surface area contributed by atoms with Gasteiger partial charge in [-0.25, -0.2) is 8.42 Å². The zero-order chi connectivity index (χ0) is 18.6. The molecule has 0 bridgehead atoms. The van der Waals surface area contributed by atoms with Crippen LogP contribution in [0.5, 0.6) is 0 Å². The number of piperidine rings is 1. The fourth-order valence-electron chi connectivity index (χ4n) is 3.87. The summed E-state index contributed by atoms with van der Waals surface area (Å²) in [5, 5.41) is 12.5. The highest BCUT2D eigenvalue weighted by Gasteiger charge is 2.38. The minimum absolute atomic E-state index is 0.171. The molecule has 0 spiro atoms. The Morgan fingerprint density at radius 2 is 1.85 bits per heavy atom. The molecule has 6 nitrogen and oxygen atoms in total. The van der Waals surface area contributed by atoms with E-state index in [1.807, 2.05) is 0 Å². The molecule has 3 rings (SSSR count). The van der Waals surface area contributed by atoms with Crippen LogP contribution in [0.4, 0.5) is 0 Å². The van der Waals surface area contributed by atoms with Gasteiger partial charge in [0.1, 0.15) is 5.54 Å². The summed E-state index contributed by atoms with van der Waals surface area (Å²) in [5.41, 5.74) is -0.782. The first-order chi connectivity index (χ1) is 12.5. The first-order valence-corrected chi connectivity index (χ1v) is 10.7. The smallest absolute Gasteiger partial charge is 0.243 e. The van der Waals surface area contributed by atoms with Crippen molar-refractivity contribution in [1.29, 1.82) is 5.26 Å². The van der Waals surface area contributed by atoms with Crippen LogP contribution < -0.4 is 5.32 Å². The van der Waals surface area contributed by atoms with Crippen molar-refractivity contribution in [3.63, 3.8) is 0 Å². The molecule has 0 radical (unpaired) electrons. The van der Waals surface area contributed by atoms with Crippen LogP contribution in [0, 0.1) is 17.2 Å². The van der Waals surface area contributed by atoms with E-state index in [0.717, 1.165) is 19.3 Å². The maximum Gasteiger partial charge on any atom is 0.243 e. The molecule has 1 aromatic carbocycles. The Balaban J connectivity index is 1.70. The summed E-state index contributed by atoms with van der Waals surface area (Å²) in [6, 6.07) is 10.6. The fraction of sp³-hybridized carbons (Fsp3) is 0.579. The molecule has 1 unspecified atom stereocenters. The number of sulfonamides is 1. The van der Waals surface area contributed by atoms with Crippen LogP contribution in [0.2, 0.25) is 0 Å². The van der Waals surface area contributed by atoms with Crippen molar-refractivity contribution in [2.24, 2.45) is 5.92 Å². The Hall–Kier alpha value is -1.91. The van der Waals surface area contributed by atoms with E-state index in [1.165, 1.54) is 4.31 Å². The highest BCUT2D eigenvalue weighted by atomic mass is 32.2. The van der Waals surface area contributed by atoms with Crippen LogP contribution in [-0.2, 0) is 14.8 Å². The standard InChI is InChI=1S/C19H25N3O3S/c20-15-19(11-5-2-6-12-19)21-18(23)16-8-7-13-22(14-16)26(24,25)17-9-3-1-4-10-17/h1,3-4,9-10,16H,2,5-8,11-14H2,(H,21,23). The summed E-state index contributed by atoms with van der Waals surface area (Å²) in [6.45, 7) is 0.592. The van der Waals surface area contributed by atoms with E-state index in [4.69, 9.17) is 0 Å². The molecule has 1 saturated carbocycles. The third-order valence-corrected chi connectivity index (χ3v) is 7.30. The van der Waals surface area contributed by atoms with Crippen LogP contribution in [0.15, 0.2) is 35.2 Å². The molecule has 1 atom stereocenters. The van der Waals surface area contributed by atoms with Gasteiger partial charge in [-0.15, -0.1) is 0 Å². The number of nitrogens with one attached hydrogen (secondary N) is 1. The summed E-state index contributed by atoms with van der Waals surface area (Å²) >= 11 is 0. The van der Waals surface area contributed by atoms with Gasteiger partial charge in [-0.3, -0.25) is 4.79 Å². The van der Waals surface area contributed by atoms with Crippen LogP contribution in [0.1, 0.15) is 44.9 Å². The maximum atomic E-state index is 12.8. The van der Waals surface area contributed by atoms with E-state index >= 15 is 0 Å². The van der Waals surface area contributed by atoms with Gasteiger partial charge in [-0.05, 0) is 37.8 Å². The van der Waals surface area contributed by atoms with Gasteiger partial charge < -0.3 is 5.32 Å². The molecule has 26 heavy (non-hydrogen) atoms. The van der Waals surface area contributed by atoms with E-state index in [-0.39, 0.29) is 17.3 Å². The van der Waals surface area contributed by atoms with E-state index in [2.05, 4.69) is 11.4 Å². The van der Waals surface area contributed by atoms with E-state index < -0.39 is 21.5 Å². The lowest BCUT2D eigenvalue weighted by atomic mass is 9.82. The van der Waals surface area contributed by atoms with Crippen LogP contribution in [-0.4, -0.2) is 37.3 Å². The highest BCUT2D eigenvalue weighted by molar-refractivity contribution is 7.89. The Kier molecular flexibility index (Phi) is 5.64.